The predicted molar refractivity (Wildman–Crippen MR) is 67.8 cm³/mol. The fourth-order valence-electron chi connectivity index (χ4n) is 1.65. The summed E-state index contributed by atoms with van der Waals surface area (Å²) in [5, 5.41) is 16.6. The number of halogens is 1. The van der Waals surface area contributed by atoms with E-state index in [1.54, 1.807) is 0 Å². The highest BCUT2D eigenvalue weighted by atomic mass is 19.1. The van der Waals surface area contributed by atoms with E-state index >= 15 is 0 Å². The Morgan fingerprint density at radius 2 is 2.29 bits per heavy atom. The number of nitrogens with one attached hydrogen (secondary N) is 1. The second-order valence-electron chi connectivity index (χ2n) is 3.97. The molecule has 0 unspecified atom stereocenters. The number of nitro groups is 1. The highest BCUT2D eigenvalue weighted by Crippen LogP contribution is 2.27. The number of benzene rings is 1. The summed E-state index contributed by atoms with van der Waals surface area (Å²) >= 11 is 0. The summed E-state index contributed by atoms with van der Waals surface area (Å²) in [6, 6.07) is 1.73. The molecule has 0 saturated heterocycles. The van der Waals surface area contributed by atoms with Crippen molar-refractivity contribution >= 4 is 17.3 Å². The van der Waals surface area contributed by atoms with Gasteiger partial charge in [-0.25, -0.2) is 4.39 Å². The first kappa shape index (κ1) is 14.4. The van der Waals surface area contributed by atoms with Crippen molar-refractivity contribution in [1.29, 1.82) is 0 Å². The molecular weight excluding hydrogens is 285 g/mol. The van der Waals surface area contributed by atoms with Crippen LogP contribution in [0.5, 0.6) is 0 Å². The maximum Gasteiger partial charge on any atom is 0.293 e. The summed E-state index contributed by atoms with van der Waals surface area (Å²) in [6.07, 6.45) is 1.40. The van der Waals surface area contributed by atoms with Crippen molar-refractivity contribution in [3.05, 3.63) is 45.8 Å². The number of nitrogens with two attached hydrogens (primary N) is 1. The first-order valence-corrected chi connectivity index (χ1v) is 5.76. The number of anilines is 1. The Bertz CT molecular complexity index is 674. The maximum atomic E-state index is 13.6. The number of rotatable bonds is 5. The van der Waals surface area contributed by atoms with Gasteiger partial charge in [-0.2, -0.15) is 4.98 Å². The first-order valence-electron chi connectivity index (χ1n) is 5.76. The van der Waals surface area contributed by atoms with E-state index < -0.39 is 33.6 Å². The van der Waals surface area contributed by atoms with Crippen molar-refractivity contribution in [3.63, 3.8) is 0 Å². The van der Waals surface area contributed by atoms with E-state index in [4.69, 9.17) is 5.73 Å². The van der Waals surface area contributed by atoms with E-state index in [2.05, 4.69) is 20.0 Å². The van der Waals surface area contributed by atoms with E-state index in [0.29, 0.717) is 5.82 Å². The van der Waals surface area contributed by atoms with Crippen molar-refractivity contribution < 1.29 is 18.6 Å². The first-order chi connectivity index (χ1) is 10.0. The molecule has 0 aliphatic heterocycles. The molecule has 0 radical (unpaired) electrons. The lowest BCUT2D eigenvalue weighted by molar-refractivity contribution is -0.384. The highest BCUT2D eigenvalue weighted by Gasteiger charge is 2.23. The van der Waals surface area contributed by atoms with Crippen LogP contribution in [0.25, 0.3) is 0 Å². The zero-order valence-corrected chi connectivity index (χ0v) is 10.6. The molecule has 1 amide bonds. The summed E-state index contributed by atoms with van der Waals surface area (Å²) in [6.45, 7) is 0.0972. The lowest BCUT2D eigenvalue weighted by Gasteiger charge is -2.08. The van der Waals surface area contributed by atoms with Gasteiger partial charge in [-0.3, -0.25) is 14.9 Å². The smallest absolute Gasteiger partial charge is 0.293 e. The van der Waals surface area contributed by atoms with Crippen LogP contribution in [0, 0.1) is 15.9 Å². The average molecular weight is 295 g/mol. The SMILES string of the molecule is Nc1c([N+](=O)[O-])ccc(F)c1C(=O)NCCc1ncon1. The molecule has 21 heavy (non-hydrogen) atoms. The zero-order chi connectivity index (χ0) is 15.4. The number of nitro benzene ring substituents is 1. The minimum Gasteiger partial charge on any atom is -0.392 e. The molecular formula is C11H10FN5O4. The van der Waals surface area contributed by atoms with Crippen molar-refractivity contribution in [1.82, 2.24) is 15.5 Å². The number of nitrogens with zero attached hydrogens (tertiary/aromatic N) is 3. The molecule has 0 fully saturated rings. The Labute approximate surface area is 117 Å². The van der Waals surface area contributed by atoms with Gasteiger partial charge < -0.3 is 15.6 Å². The molecule has 3 N–H and O–H groups in total. The van der Waals surface area contributed by atoms with Crippen molar-refractivity contribution in [2.75, 3.05) is 12.3 Å². The monoisotopic (exact) mass is 295 g/mol. The number of amides is 1. The lowest BCUT2D eigenvalue weighted by Crippen LogP contribution is -2.28. The third-order valence-corrected chi connectivity index (χ3v) is 2.64. The number of hydrogen-bond acceptors (Lipinski definition) is 7. The van der Waals surface area contributed by atoms with E-state index in [9.17, 15) is 19.3 Å². The van der Waals surface area contributed by atoms with Crippen LogP contribution in [0.2, 0.25) is 0 Å². The Morgan fingerprint density at radius 3 is 2.90 bits per heavy atom. The Kier molecular flexibility index (Phi) is 4.07. The number of aromatic nitrogens is 2. The molecule has 0 atom stereocenters. The molecule has 2 rings (SSSR count). The molecule has 9 nitrogen and oxygen atoms in total. The quantitative estimate of drug-likeness (QED) is 0.469. The van der Waals surface area contributed by atoms with Crippen LogP contribution in [0.3, 0.4) is 0 Å². The van der Waals surface area contributed by atoms with Gasteiger partial charge in [0, 0.05) is 19.0 Å². The zero-order valence-electron chi connectivity index (χ0n) is 10.6. The molecule has 110 valence electrons. The molecule has 1 heterocycles. The van der Waals surface area contributed by atoms with Gasteiger partial charge in [0.25, 0.3) is 11.6 Å². The Morgan fingerprint density at radius 1 is 1.52 bits per heavy atom. The van der Waals surface area contributed by atoms with Crippen LogP contribution in [0.15, 0.2) is 23.0 Å². The Hall–Kier alpha value is -3.04. The van der Waals surface area contributed by atoms with Gasteiger partial charge in [0.15, 0.2) is 5.82 Å². The second kappa shape index (κ2) is 5.94. The van der Waals surface area contributed by atoms with Gasteiger partial charge in [-0.15, -0.1) is 0 Å². The average Bonchev–Trinajstić information content (AvgIpc) is 2.91. The number of carbonyl (C=O) groups excluding carboxylic acids is 1. The summed E-state index contributed by atoms with van der Waals surface area (Å²) in [4.78, 5) is 25.5. The number of carbonyl (C=O) groups is 1. The normalized spacial score (nSPS) is 10.3. The largest absolute Gasteiger partial charge is 0.392 e. The fraction of sp³-hybridized carbons (Fsp3) is 0.182. The van der Waals surface area contributed by atoms with Gasteiger partial charge in [-0.1, -0.05) is 5.16 Å². The molecule has 10 heteroatoms. The number of hydrogen-bond donors (Lipinski definition) is 2. The van der Waals surface area contributed by atoms with E-state index in [-0.39, 0.29) is 13.0 Å². The van der Waals surface area contributed by atoms with Gasteiger partial charge >= 0.3 is 0 Å². The molecule has 0 saturated carbocycles. The number of nitrogen functional groups attached to an aromatic ring is 1. The van der Waals surface area contributed by atoms with Gasteiger partial charge in [0.2, 0.25) is 6.39 Å². The standard InChI is InChI=1S/C11H10FN5O4/c12-6-1-2-7(17(19)20)10(13)9(6)11(18)14-4-3-8-15-5-21-16-8/h1-2,5H,3-4,13H2,(H,14,18). The van der Waals surface area contributed by atoms with Crippen LogP contribution in [0.4, 0.5) is 15.8 Å². The van der Waals surface area contributed by atoms with E-state index in [0.717, 1.165) is 18.5 Å². The molecule has 0 bridgehead atoms. The highest BCUT2D eigenvalue weighted by molar-refractivity contribution is 6.01. The maximum absolute atomic E-state index is 13.6. The molecule has 1 aromatic heterocycles. The summed E-state index contributed by atoms with van der Waals surface area (Å²) in [5.41, 5.74) is 3.87. The third-order valence-electron chi connectivity index (χ3n) is 2.64. The molecule has 0 aliphatic rings. The van der Waals surface area contributed by atoms with Gasteiger partial charge in [0.05, 0.1) is 4.92 Å². The lowest BCUT2D eigenvalue weighted by atomic mass is 10.1. The minimum absolute atomic E-state index is 0.0972. The predicted octanol–water partition coefficient (Wildman–Crippen LogP) is 0.672. The van der Waals surface area contributed by atoms with Crippen LogP contribution < -0.4 is 11.1 Å². The summed E-state index contributed by atoms with van der Waals surface area (Å²) in [7, 11) is 0. The second-order valence-corrected chi connectivity index (χ2v) is 3.97. The van der Waals surface area contributed by atoms with E-state index in [1.807, 2.05) is 0 Å². The third kappa shape index (κ3) is 3.11. The minimum atomic E-state index is -0.935. The Balaban J connectivity index is 2.11. The van der Waals surface area contributed by atoms with Crippen molar-refractivity contribution in [3.8, 4) is 0 Å². The van der Waals surface area contributed by atoms with Gasteiger partial charge in [0.1, 0.15) is 17.1 Å². The topological polar surface area (TPSA) is 137 Å². The molecule has 2 aromatic rings. The summed E-state index contributed by atoms with van der Waals surface area (Å²) in [5.74, 6) is -1.42. The van der Waals surface area contributed by atoms with Gasteiger partial charge in [-0.05, 0) is 6.07 Å². The van der Waals surface area contributed by atoms with Crippen molar-refractivity contribution in [2.24, 2.45) is 0 Å². The molecule has 0 spiro atoms. The molecule has 1 aromatic carbocycles. The fourth-order valence-corrected chi connectivity index (χ4v) is 1.65. The van der Waals surface area contributed by atoms with Crippen LogP contribution in [0.1, 0.15) is 16.2 Å². The van der Waals surface area contributed by atoms with E-state index in [1.165, 1.54) is 0 Å². The summed E-state index contributed by atoms with van der Waals surface area (Å²) < 4.78 is 18.2. The van der Waals surface area contributed by atoms with Crippen molar-refractivity contribution in [2.45, 2.75) is 6.42 Å². The van der Waals surface area contributed by atoms with Crippen LogP contribution in [-0.4, -0.2) is 27.5 Å². The van der Waals surface area contributed by atoms with Crippen LogP contribution >= 0.6 is 0 Å². The molecule has 0 aliphatic carbocycles. The van der Waals surface area contributed by atoms with Crippen LogP contribution in [-0.2, 0) is 6.42 Å².